The zero-order valence-electron chi connectivity index (χ0n) is 14.3. The zero-order chi connectivity index (χ0) is 17.8. The highest BCUT2D eigenvalue weighted by atomic mass is 16.2. The van der Waals surface area contributed by atoms with E-state index in [4.69, 9.17) is 5.73 Å². The smallest absolute Gasteiger partial charge is 0.319 e. The number of urea groups is 1. The topological polar surface area (TPSA) is 92.9 Å². The van der Waals surface area contributed by atoms with Crippen LogP contribution in [0.25, 0.3) is 11.0 Å². The number of nitrogens with one attached hydrogen (secondary N) is 2. The summed E-state index contributed by atoms with van der Waals surface area (Å²) in [6.07, 6.45) is 0. The normalized spacial score (nSPS) is 10.7. The van der Waals surface area contributed by atoms with Crippen molar-refractivity contribution in [2.24, 2.45) is 5.73 Å². The second-order valence-corrected chi connectivity index (χ2v) is 5.93. The standard InChI is InChI=1S/C19H21N5O/c1-12-13(2)23-18-9-16(6-7-17(18)22-12)24-19(25)21-11-15-5-3-4-14(8-15)10-20/h3-9H,10-11,20H2,1-2H3,(H2,21,24,25). The van der Waals surface area contributed by atoms with Crippen molar-refractivity contribution < 1.29 is 4.79 Å². The van der Waals surface area contributed by atoms with Crippen LogP contribution in [0.15, 0.2) is 42.5 Å². The van der Waals surface area contributed by atoms with Crippen LogP contribution in [-0.4, -0.2) is 16.0 Å². The molecular formula is C19H21N5O. The number of aromatic nitrogens is 2. The van der Waals surface area contributed by atoms with Gasteiger partial charge in [-0.25, -0.2) is 14.8 Å². The third-order valence-electron chi connectivity index (χ3n) is 4.01. The molecule has 0 aliphatic carbocycles. The van der Waals surface area contributed by atoms with Crippen molar-refractivity contribution in [3.63, 3.8) is 0 Å². The third-order valence-corrected chi connectivity index (χ3v) is 4.01. The molecule has 0 aliphatic rings. The number of carbonyl (C=O) groups excluding carboxylic acids is 1. The molecule has 0 fully saturated rings. The van der Waals surface area contributed by atoms with Gasteiger partial charge in [0.15, 0.2) is 0 Å². The molecule has 4 N–H and O–H groups in total. The van der Waals surface area contributed by atoms with Crippen molar-refractivity contribution in [2.45, 2.75) is 26.9 Å². The summed E-state index contributed by atoms with van der Waals surface area (Å²) in [5.41, 5.74) is 11.7. The lowest BCUT2D eigenvalue weighted by Gasteiger charge is -2.09. The molecule has 2 aromatic carbocycles. The minimum atomic E-state index is -0.269. The number of anilines is 1. The maximum absolute atomic E-state index is 12.1. The van der Waals surface area contributed by atoms with Crippen LogP contribution in [0, 0.1) is 13.8 Å². The Morgan fingerprint density at radius 1 is 1.00 bits per heavy atom. The molecular weight excluding hydrogens is 314 g/mol. The molecule has 3 aromatic rings. The molecule has 1 heterocycles. The van der Waals surface area contributed by atoms with Gasteiger partial charge >= 0.3 is 6.03 Å². The van der Waals surface area contributed by atoms with Crippen LogP contribution in [0.3, 0.4) is 0 Å². The van der Waals surface area contributed by atoms with E-state index in [2.05, 4.69) is 20.6 Å². The molecule has 1 aromatic heterocycles. The van der Waals surface area contributed by atoms with E-state index in [-0.39, 0.29) is 6.03 Å². The summed E-state index contributed by atoms with van der Waals surface area (Å²) in [5, 5.41) is 5.66. The van der Waals surface area contributed by atoms with E-state index in [9.17, 15) is 4.79 Å². The van der Waals surface area contributed by atoms with Gasteiger partial charge < -0.3 is 16.4 Å². The number of nitrogens with zero attached hydrogens (tertiary/aromatic N) is 2. The molecule has 128 valence electrons. The van der Waals surface area contributed by atoms with Crippen molar-refractivity contribution >= 4 is 22.8 Å². The Hall–Kier alpha value is -2.99. The average Bonchev–Trinajstić information content (AvgIpc) is 2.61. The molecule has 0 spiro atoms. The number of hydrogen-bond donors (Lipinski definition) is 3. The summed E-state index contributed by atoms with van der Waals surface area (Å²) in [7, 11) is 0. The Morgan fingerprint density at radius 3 is 2.48 bits per heavy atom. The molecule has 25 heavy (non-hydrogen) atoms. The van der Waals surface area contributed by atoms with Gasteiger partial charge in [0.2, 0.25) is 0 Å². The maximum atomic E-state index is 12.1. The highest BCUT2D eigenvalue weighted by Gasteiger charge is 2.06. The highest BCUT2D eigenvalue weighted by molar-refractivity contribution is 5.91. The van der Waals surface area contributed by atoms with Gasteiger partial charge in [-0.2, -0.15) is 0 Å². The molecule has 0 atom stereocenters. The van der Waals surface area contributed by atoms with Crippen molar-refractivity contribution in [3.05, 3.63) is 65.0 Å². The molecule has 0 saturated carbocycles. The van der Waals surface area contributed by atoms with E-state index in [0.29, 0.717) is 18.8 Å². The Labute approximate surface area is 146 Å². The van der Waals surface area contributed by atoms with Crippen LogP contribution in [0.4, 0.5) is 10.5 Å². The lowest BCUT2D eigenvalue weighted by molar-refractivity contribution is 0.251. The first kappa shape index (κ1) is 16.9. The first-order chi connectivity index (χ1) is 12.0. The summed E-state index contributed by atoms with van der Waals surface area (Å²) < 4.78 is 0. The summed E-state index contributed by atoms with van der Waals surface area (Å²) in [6, 6.07) is 13.1. The van der Waals surface area contributed by atoms with Gasteiger partial charge in [0.25, 0.3) is 0 Å². The molecule has 6 heteroatoms. The van der Waals surface area contributed by atoms with Gasteiger partial charge in [-0.15, -0.1) is 0 Å². The zero-order valence-corrected chi connectivity index (χ0v) is 14.3. The van der Waals surface area contributed by atoms with Crippen LogP contribution < -0.4 is 16.4 Å². The number of aryl methyl sites for hydroxylation is 2. The van der Waals surface area contributed by atoms with Gasteiger partial charge in [-0.3, -0.25) is 0 Å². The first-order valence-corrected chi connectivity index (χ1v) is 8.13. The van der Waals surface area contributed by atoms with Crippen molar-refractivity contribution in [1.29, 1.82) is 0 Å². The van der Waals surface area contributed by atoms with Crippen LogP contribution >= 0.6 is 0 Å². The van der Waals surface area contributed by atoms with Gasteiger partial charge in [0, 0.05) is 18.8 Å². The van der Waals surface area contributed by atoms with Gasteiger partial charge in [-0.1, -0.05) is 24.3 Å². The van der Waals surface area contributed by atoms with Gasteiger partial charge in [0.05, 0.1) is 22.4 Å². The van der Waals surface area contributed by atoms with Crippen LogP contribution in [-0.2, 0) is 13.1 Å². The number of rotatable bonds is 4. The van der Waals surface area contributed by atoms with E-state index in [1.807, 2.05) is 56.3 Å². The lowest BCUT2D eigenvalue weighted by atomic mass is 10.1. The van der Waals surface area contributed by atoms with E-state index < -0.39 is 0 Å². The molecule has 3 rings (SSSR count). The van der Waals surface area contributed by atoms with Crippen LogP contribution in [0.1, 0.15) is 22.5 Å². The van der Waals surface area contributed by atoms with Crippen molar-refractivity contribution in [1.82, 2.24) is 15.3 Å². The van der Waals surface area contributed by atoms with Crippen molar-refractivity contribution in [2.75, 3.05) is 5.32 Å². The number of hydrogen-bond acceptors (Lipinski definition) is 4. The number of benzene rings is 2. The Kier molecular flexibility index (Phi) is 4.90. The summed E-state index contributed by atoms with van der Waals surface area (Å²) in [6.45, 7) is 4.77. The number of carbonyl (C=O) groups is 1. The fourth-order valence-corrected chi connectivity index (χ4v) is 2.53. The lowest BCUT2D eigenvalue weighted by Crippen LogP contribution is -2.28. The highest BCUT2D eigenvalue weighted by Crippen LogP contribution is 2.17. The minimum Gasteiger partial charge on any atom is -0.334 e. The minimum absolute atomic E-state index is 0.269. The molecule has 6 nitrogen and oxygen atoms in total. The Morgan fingerprint density at radius 2 is 1.72 bits per heavy atom. The monoisotopic (exact) mass is 335 g/mol. The molecule has 0 aliphatic heterocycles. The second kappa shape index (κ2) is 7.27. The van der Waals surface area contributed by atoms with E-state index in [1.165, 1.54) is 0 Å². The molecule has 0 unspecified atom stereocenters. The summed E-state index contributed by atoms with van der Waals surface area (Å²) >= 11 is 0. The number of fused-ring (bicyclic) bond motifs is 1. The predicted molar refractivity (Wildman–Crippen MR) is 99.2 cm³/mol. The second-order valence-electron chi connectivity index (χ2n) is 5.93. The van der Waals surface area contributed by atoms with Crippen LogP contribution in [0.5, 0.6) is 0 Å². The maximum Gasteiger partial charge on any atom is 0.319 e. The van der Waals surface area contributed by atoms with Gasteiger partial charge in [-0.05, 0) is 43.2 Å². The van der Waals surface area contributed by atoms with E-state index in [0.717, 1.165) is 33.5 Å². The fourth-order valence-electron chi connectivity index (χ4n) is 2.53. The van der Waals surface area contributed by atoms with Crippen LogP contribution in [0.2, 0.25) is 0 Å². The SMILES string of the molecule is Cc1nc2ccc(NC(=O)NCc3cccc(CN)c3)cc2nc1C. The van der Waals surface area contributed by atoms with Gasteiger partial charge in [0.1, 0.15) is 0 Å². The predicted octanol–water partition coefficient (Wildman–Crippen LogP) is 3.03. The fraction of sp³-hybridized carbons (Fsp3) is 0.211. The van der Waals surface area contributed by atoms with Crippen molar-refractivity contribution in [3.8, 4) is 0 Å². The average molecular weight is 335 g/mol. The van der Waals surface area contributed by atoms with E-state index in [1.54, 1.807) is 0 Å². The number of amides is 2. The largest absolute Gasteiger partial charge is 0.334 e. The summed E-state index contributed by atoms with van der Waals surface area (Å²) in [5.74, 6) is 0. The molecule has 0 bridgehead atoms. The molecule has 2 amide bonds. The third kappa shape index (κ3) is 4.10. The quantitative estimate of drug-likeness (QED) is 0.683. The van der Waals surface area contributed by atoms with E-state index >= 15 is 0 Å². The first-order valence-electron chi connectivity index (χ1n) is 8.13. The Balaban J connectivity index is 1.66. The molecule has 0 radical (unpaired) electrons. The Bertz CT molecular complexity index is 923. The summed E-state index contributed by atoms with van der Waals surface area (Å²) in [4.78, 5) is 21.1. The molecule has 0 saturated heterocycles. The number of nitrogens with two attached hydrogens (primary N) is 1.